The lowest BCUT2D eigenvalue weighted by molar-refractivity contribution is -0.394. The molecular formula is C8H4ClN3O4. The monoisotopic (exact) mass is 241 g/mol. The van der Waals surface area contributed by atoms with Gasteiger partial charge >= 0.3 is 0 Å². The highest BCUT2D eigenvalue weighted by molar-refractivity contribution is 6.35. The number of halogens is 1. The Hall–Kier alpha value is -2.20. The van der Waals surface area contributed by atoms with Crippen LogP contribution in [-0.2, 0) is 0 Å². The number of nitrogens with zero attached hydrogens (tertiary/aromatic N) is 3. The number of hydrogen-bond donors (Lipinski definition) is 0. The molecule has 0 heterocycles. The maximum atomic E-state index is 10.7. The summed E-state index contributed by atoms with van der Waals surface area (Å²) in [6.45, 7) is 1.31. The first-order chi connectivity index (χ1) is 7.40. The van der Waals surface area contributed by atoms with E-state index in [4.69, 9.17) is 16.9 Å². The maximum Gasteiger partial charge on any atom is 0.299 e. The van der Waals surface area contributed by atoms with Gasteiger partial charge < -0.3 is 0 Å². The molecule has 0 aliphatic heterocycles. The van der Waals surface area contributed by atoms with E-state index in [0.29, 0.717) is 0 Å². The van der Waals surface area contributed by atoms with E-state index in [-0.39, 0.29) is 11.1 Å². The summed E-state index contributed by atoms with van der Waals surface area (Å²) >= 11 is 5.54. The van der Waals surface area contributed by atoms with Crippen molar-refractivity contribution in [3.05, 3.63) is 42.4 Å². The van der Waals surface area contributed by atoms with Gasteiger partial charge in [-0.25, -0.2) is 0 Å². The highest BCUT2D eigenvalue weighted by Gasteiger charge is 2.28. The van der Waals surface area contributed by atoms with Gasteiger partial charge in [-0.3, -0.25) is 20.2 Å². The second-order valence-corrected chi connectivity index (χ2v) is 3.23. The van der Waals surface area contributed by atoms with Gasteiger partial charge in [-0.2, -0.15) is 5.26 Å². The van der Waals surface area contributed by atoms with Crippen LogP contribution in [0.1, 0.15) is 11.1 Å². The fourth-order valence-corrected chi connectivity index (χ4v) is 1.52. The van der Waals surface area contributed by atoms with Gasteiger partial charge in [0.25, 0.3) is 11.4 Å². The Morgan fingerprint density at radius 3 is 2.31 bits per heavy atom. The first-order valence-electron chi connectivity index (χ1n) is 3.92. The molecule has 1 rings (SSSR count). The van der Waals surface area contributed by atoms with Gasteiger partial charge in [-0.15, -0.1) is 0 Å². The van der Waals surface area contributed by atoms with E-state index in [1.807, 2.05) is 0 Å². The lowest BCUT2D eigenvalue weighted by Crippen LogP contribution is -1.99. The van der Waals surface area contributed by atoms with Gasteiger partial charge in [-0.05, 0) is 6.92 Å². The van der Waals surface area contributed by atoms with Crippen LogP contribution in [-0.4, -0.2) is 9.85 Å². The third-order valence-corrected chi connectivity index (χ3v) is 2.35. The molecule has 16 heavy (non-hydrogen) atoms. The lowest BCUT2D eigenvalue weighted by atomic mass is 10.1. The van der Waals surface area contributed by atoms with Crippen LogP contribution >= 0.6 is 11.6 Å². The Balaban J connectivity index is 3.73. The van der Waals surface area contributed by atoms with Crippen molar-refractivity contribution in [3.8, 4) is 6.07 Å². The molecule has 0 aliphatic rings. The molecule has 0 unspecified atom stereocenters. The van der Waals surface area contributed by atoms with Crippen LogP contribution in [0.5, 0.6) is 0 Å². The summed E-state index contributed by atoms with van der Waals surface area (Å²) in [5.74, 6) is 0. The molecule has 0 radical (unpaired) electrons. The van der Waals surface area contributed by atoms with E-state index in [0.717, 1.165) is 6.07 Å². The molecule has 0 saturated heterocycles. The molecule has 7 nitrogen and oxygen atoms in total. The maximum absolute atomic E-state index is 10.7. The molecule has 0 fully saturated rings. The fraction of sp³-hybridized carbons (Fsp3) is 0.125. The topological polar surface area (TPSA) is 110 Å². The molecule has 0 aromatic heterocycles. The third-order valence-electron chi connectivity index (χ3n) is 1.97. The van der Waals surface area contributed by atoms with Crippen molar-refractivity contribution in [1.82, 2.24) is 0 Å². The van der Waals surface area contributed by atoms with Crippen LogP contribution in [0.25, 0.3) is 0 Å². The number of nitro benzene ring substituents is 2. The van der Waals surface area contributed by atoms with Crippen molar-refractivity contribution >= 4 is 23.0 Å². The van der Waals surface area contributed by atoms with Crippen molar-refractivity contribution in [2.24, 2.45) is 0 Å². The van der Waals surface area contributed by atoms with Gasteiger partial charge in [-0.1, -0.05) is 11.6 Å². The van der Waals surface area contributed by atoms with Crippen LogP contribution in [0.2, 0.25) is 5.02 Å². The van der Waals surface area contributed by atoms with E-state index < -0.39 is 26.2 Å². The Morgan fingerprint density at radius 2 is 1.94 bits per heavy atom. The van der Waals surface area contributed by atoms with Gasteiger partial charge in [0, 0.05) is 11.6 Å². The zero-order chi connectivity index (χ0) is 12.5. The standard InChI is InChI=1S/C8H4ClN3O4/c1-4-5(3-10)2-6(11(13)14)7(9)8(4)12(15)16/h2H,1H3. The second kappa shape index (κ2) is 4.12. The minimum absolute atomic E-state index is 0.0168. The lowest BCUT2D eigenvalue weighted by Gasteiger charge is -2.02. The van der Waals surface area contributed by atoms with Crippen molar-refractivity contribution in [2.45, 2.75) is 6.92 Å². The molecule has 8 heteroatoms. The fourth-order valence-electron chi connectivity index (χ4n) is 1.19. The Bertz CT molecular complexity index is 535. The molecule has 82 valence electrons. The summed E-state index contributed by atoms with van der Waals surface area (Å²) in [4.78, 5) is 19.5. The molecule has 0 spiro atoms. The van der Waals surface area contributed by atoms with Crippen molar-refractivity contribution in [1.29, 1.82) is 5.26 Å². The smallest absolute Gasteiger partial charge is 0.258 e. The number of rotatable bonds is 2. The quantitative estimate of drug-likeness (QED) is 0.583. The van der Waals surface area contributed by atoms with E-state index in [2.05, 4.69) is 0 Å². The first-order valence-corrected chi connectivity index (χ1v) is 4.30. The average molecular weight is 242 g/mol. The van der Waals surface area contributed by atoms with Crippen LogP contribution < -0.4 is 0 Å². The summed E-state index contributed by atoms with van der Waals surface area (Å²) in [6.07, 6.45) is 0. The molecule has 1 aromatic carbocycles. The second-order valence-electron chi connectivity index (χ2n) is 2.86. The van der Waals surface area contributed by atoms with E-state index in [1.54, 1.807) is 6.07 Å². The summed E-state index contributed by atoms with van der Waals surface area (Å²) in [6, 6.07) is 2.57. The van der Waals surface area contributed by atoms with Crippen molar-refractivity contribution < 1.29 is 9.85 Å². The van der Waals surface area contributed by atoms with Gasteiger partial charge in [0.2, 0.25) is 0 Å². The molecule has 0 N–H and O–H groups in total. The number of nitro groups is 2. The predicted octanol–water partition coefficient (Wildman–Crippen LogP) is 2.34. The molecule has 1 aromatic rings. The van der Waals surface area contributed by atoms with E-state index in [1.165, 1.54) is 6.92 Å². The molecule has 0 aliphatic carbocycles. The van der Waals surface area contributed by atoms with Crippen LogP contribution in [0, 0.1) is 38.5 Å². The predicted molar refractivity (Wildman–Crippen MR) is 54.2 cm³/mol. The summed E-state index contributed by atoms with van der Waals surface area (Å²) in [7, 11) is 0. The van der Waals surface area contributed by atoms with Gasteiger partial charge in [0.1, 0.15) is 0 Å². The minimum atomic E-state index is -0.865. The Kier molecular flexibility index (Phi) is 3.06. The van der Waals surface area contributed by atoms with Crippen LogP contribution in [0.4, 0.5) is 11.4 Å². The van der Waals surface area contributed by atoms with E-state index >= 15 is 0 Å². The van der Waals surface area contributed by atoms with Gasteiger partial charge in [0.15, 0.2) is 5.02 Å². The van der Waals surface area contributed by atoms with Crippen molar-refractivity contribution in [2.75, 3.05) is 0 Å². The van der Waals surface area contributed by atoms with Crippen molar-refractivity contribution in [3.63, 3.8) is 0 Å². The van der Waals surface area contributed by atoms with Gasteiger partial charge in [0.05, 0.1) is 21.5 Å². The summed E-state index contributed by atoms with van der Waals surface area (Å²) in [5.41, 5.74) is -1.37. The molecular weight excluding hydrogens is 238 g/mol. The van der Waals surface area contributed by atoms with E-state index in [9.17, 15) is 20.2 Å². The largest absolute Gasteiger partial charge is 0.299 e. The normalized spacial score (nSPS) is 9.56. The number of hydrogen-bond acceptors (Lipinski definition) is 5. The Labute approximate surface area is 94.2 Å². The number of benzene rings is 1. The molecule has 0 bridgehead atoms. The highest BCUT2D eigenvalue weighted by atomic mass is 35.5. The molecule has 0 atom stereocenters. The zero-order valence-electron chi connectivity index (χ0n) is 7.93. The first kappa shape index (κ1) is 11.9. The minimum Gasteiger partial charge on any atom is -0.258 e. The third kappa shape index (κ3) is 1.78. The SMILES string of the molecule is Cc1c(C#N)cc([N+](=O)[O-])c(Cl)c1[N+](=O)[O-]. The summed E-state index contributed by atoms with van der Waals surface area (Å²) < 4.78 is 0. The Morgan fingerprint density at radius 1 is 1.38 bits per heavy atom. The number of nitriles is 1. The molecule has 0 saturated carbocycles. The summed E-state index contributed by atoms with van der Waals surface area (Å²) in [5, 5.41) is 29.4. The van der Waals surface area contributed by atoms with Crippen LogP contribution in [0.3, 0.4) is 0 Å². The molecule has 0 amide bonds. The average Bonchev–Trinajstić information content (AvgIpc) is 2.16. The van der Waals surface area contributed by atoms with Crippen LogP contribution in [0.15, 0.2) is 6.07 Å². The zero-order valence-corrected chi connectivity index (χ0v) is 8.69. The highest BCUT2D eigenvalue weighted by Crippen LogP contribution is 2.37.